The van der Waals surface area contributed by atoms with Crippen LogP contribution in [0.25, 0.3) is 0 Å². The van der Waals surface area contributed by atoms with Gasteiger partial charge in [-0.05, 0) is 37.0 Å². The number of nitrogens with two attached hydrogens (primary N) is 1. The number of benzene rings is 1. The molecule has 0 bridgehead atoms. The van der Waals surface area contributed by atoms with Crippen molar-refractivity contribution in [3.05, 3.63) is 29.3 Å². The van der Waals surface area contributed by atoms with E-state index in [0.717, 1.165) is 12.5 Å². The highest BCUT2D eigenvalue weighted by Crippen LogP contribution is 2.38. The molecule has 2 rings (SSSR count). The van der Waals surface area contributed by atoms with Crippen LogP contribution in [-0.2, 0) is 12.7 Å². The van der Waals surface area contributed by atoms with Crippen molar-refractivity contribution in [1.29, 1.82) is 0 Å². The number of hydrogen-bond donors (Lipinski definition) is 2. The molecule has 1 aliphatic carbocycles. The lowest BCUT2D eigenvalue weighted by Crippen LogP contribution is -2.26. The Bertz CT molecular complexity index is 448. The summed E-state index contributed by atoms with van der Waals surface area (Å²) in [6.07, 6.45) is -3.87. The van der Waals surface area contributed by atoms with E-state index in [1.807, 2.05) is 0 Å². The van der Waals surface area contributed by atoms with Crippen LogP contribution < -0.4 is 10.5 Å². The summed E-state index contributed by atoms with van der Waals surface area (Å²) in [4.78, 5) is 0. The lowest BCUT2D eigenvalue weighted by molar-refractivity contribution is -0.139. The zero-order valence-corrected chi connectivity index (χ0v) is 10.3. The summed E-state index contributed by atoms with van der Waals surface area (Å²) < 4.78 is 44.2. The van der Waals surface area contributed by atoms with Crippen molar-refractivity contribution in [2.75, 3.05) is 0 Å². The Morgan fingerprint density at radius 1 is 1.32 bits per heavy atom. The molecule has 0 radical (unpaired) electrons. The minimum Gasteiger partial charge on any atom is -0.487 e. The van der Waals surface area contributed by atoms with E-state index in [1.54, 1.807) is 0 Å². The molecule has 0 aromatic heterocycles. The van der Waals surface area contributed by atoms with E-state index in [9.17, 15) is 18.3 Å². The van der Waals surface area contributed by atoms with Crippen molar-refractivity contribution in [2.45, 2.75) is 44.2 Å². The van der Waals surface area contributed by atoms with Crippen LogP contribution in [0.5, 0.6) is 5.75 Å². The molecule has 0 saturated heterocycles. The average Bonchev–Trinajstić information content (AvgIpc) is 2.74. The van der Waals surface area contributed by atoms with Crippen molar-refractivity contribution >= 4 is 0 Å². The SMILES string of the molecule is NCc1ccc(OC2CCCC2O)c(C(F)(F)F)c1. The Labute approximate surface area is 109 Å². The number of rotatable bonds is 3. The second kappa shape index (κ2) is 5.38. The highest BCUT2D eigenvalue weighted by Gasteiger charge is 2.36. The maximum atomic E-state index is 13.0. The predicted octanol–water partition coefficient (Wildman–Crippen LogP) is 2.46. The van der Waals surface area contributed by atoms with Crippen molar-refractivity contribution in [3.63, 3.8) is 0 Å². The first-order chi connectivity index (χ1) is 8.91. The van der Waals surface area contributed by atoms with Gasteiger partial charge in [-0.3, -0.25) is 0 Å². The molecule has 1 fully saturated rings. The summed E-state index contributed by atoms with van der Waals surface area (Å²) in [6, 6.07) is 3.78. The average molecular weight is 275 g/mol. The molecule has 2 unspecified atom stereocenters. The Hall–Kier alpha value is -1.27. The topological polar surface area (TPSA) is 55.5 Å². The van der Waals surface area contributed by atoms with Gasteiger partial charge in [0.05, 0.1) is 11.7 Å². The third-order valence-corrected chi connectivity index (χ3v) is 3.28. The molecule has 1 aliphatic rings. The molecular weight excluding hydrogens is 259 g/mol. The fourth-order valence-electron chi connectivity index (χ4n) is 2.24. The van der Waals surface area contributed by atoms with E-state index in [4.69, 9.17) is 10.5 Å². The number of alkyl halides is 3. The molecule has 1 aromatic carbocycles. The standard InChI is InChI=1S/C13H16F3NO2/c14-13(15,16)9-6-8(7-17)4-5-11(9)19-12-3-1-2-10(12)18/h4-6,10,12,18H,1-3,7,17H2. The third kappa shape index (κ3) is 3.19. The first kappa shape index (κ1) is 14.1. The fraction of sp³-hybridized carbons (Fsp3) is 0.538. The van der Waals surface area contributed by atoms with Crippen LogP contribution in [-0.4, -0.2) is 17.3 Å². The number of ether oxygens (including phenoxy) is 1. The van der Waals surface area contributed by atoms with Gasteiger partial charge in [-0.15, -0.1) is 0 Å². The Kier molecular flexibility index (Phi) is 4.01. The molecule has 0 aliphatic heterocycles. The Morgan fingerprint density at radius 2 is 2.05 bits per heavy atom. The quantitative estimate of drug-likeness (QED) is 0.891. The Balaban J connectivity index is 2.28. The molecular formula is C13H16F3NO2. The second-order valence-electron chi connectivity index (χ2n) is 4.69. The summed E-state index contributed by atoms with van der Waals surface area (Å²) in [7, 11) is 0. The van der Waals surface area contributed by atoms with Gasteiger partial charge >= 0.3 is 6.18 Å². The van der Waals surface area contributed by atoms with Gasteiger partial charge in [-0.25, -0.2) is 0 Å². The number of halogens is 3. The molecule has 3 nitrogen and oxygen atoms in total. The maximum absolute atomic E-state index is 13.0. The van der Waals surface area contributed by atoms with Gasteiger partial charge in [0.1, 0.15) is 11.9 Å². The van der Waals surface area contributed by atoms with Crippen molar-refractivity contribution in [1.82, 2.24) is 0 Å². The molecule has 3 N–H and O–H groups in total. The molecule has 1 saturated carbocycles. The van der Waals surface area contributed by atoms with Crippen LogP contribution in [0.3, 0.4) is 0 Å². The fourth-order valence-corrected chi connectivity index (χ4v) is 2.24. The predicted molar refractivity (Wildman–Crippen MR) is 63.6 cm³/mol. The van der Waals surface area contributed by atoms with Gasteiger partial charge < -0.3 is 15.6 Å². The summed E-state index contributed by atoms with van der Waals surface area (Å²) >= 11 is 0. The number of aliphatic hydroxyl groups excluding tert-OH is 1. The second-order valence-corrected chi connectivity index (χ2v) is 4.69. The highest BCUT2D eigenvalue weighted by molar-refractivity contribution is 5.39. The first-order valence-electron chi connectivity index (χ1n) is 6.16. The van der Waals surface area contributed by atoms with Gasteiger partial charge in [0.2, 0.25) is 0 Å². The molecule has 106 valence electrons. The van der Waals surface area contributed by atoms with Crippen molar-refractivity contribution in [2.24, 2.45) is 5.73 Å². The minimum absolute atomic E-state index is 0.0371. The summed E-state index contributed by atoms with van der Waals surface area (Å²) in [6.45, 7) is 0.0371. The normalized spacial score (nSPS) is 23.6. The molecule has 0 heterocycles. The summed E-state index contributed by atoms with van der Waals surface area (Å²) in [5.74, 6) is -0.240. The zero-order chi connectivity index (χ0) is 14.0. The van der Waals surface area contributed by atoms with Gasteiger partial charge in [-0.2, -0.15) is 13.2 Å². The van der Waals surface area contributed by atoms with E-state index in [-0.39, 0.29) is 12.3 Å². The third-order valence-electron chi connectivity index (χ3n) is 3.28. The number of aliphatic hydroxyl groups is 1. The van der Waals surface area contributed by atoms with E-state index < -0.39 is 23.9 Å². The van der Waals surface area contributed by atoms with Crippen molar-refractivity contribution < 1.29 is 23.0 Å². The van der Waals surface area contributed by atoms with E-state index in [0.29, 0.717) is 18.4 Å². The van der Waals surface area contributed by atoms with E-state index >= 15 is 0 Å². The van der Waals surface area contributed by atoms with Gasteiger partial charge in [0.15, 0.2) is 0 Å². The lowest BCUT2D eigenvalue weighted by Gasteiger charge is -2.21. The molecule has 0 spiro atoms. The largest absolute Gasteiger partial charge is 0.487 e. The maximum Gasteiger partial charge on any atom is 0.419 e. The van der Waals surface area contributed by atoms with Crippen LogP contribution in [0.15, 0.2) is 18.2 Å². The van der Waals surface area contributed by atoms with E-state index in [1.165, 1.54) is 12.1 Å². The molecule has 1 aromatic rings. The monoisotopic (exact) mass is 275 g/mol. The Morgan fingerprint density at radius 3 is 2.58 bits per heavy atom. The minimum atomic E-state index is -4.50. The summed E-state index contributed by atoms with van der Waals surface area (Å²) in [5.41, 5.74) is 4.91. The van der Waals surface area contributed by atoms with Crippen LogP contribution in [0, 0.1) is 0 Å². The smallest absolute Gasteiger partial charge is 0.419 e. The van der Waals surface area contributed by atoms with E-state index in [2.05, 4.69) is 0 Å². The van der Waals surface area contributed by atoms with Crippen LogP contribution >= 0.6 is 0 Å². The molecule has 2 atom stereocenters. The first-order valence-corrected chi connectivity index (χ1v) is 6.16. The highest BCUT2D eigenvalue weighted by atomic mass is 19.4. The molecule has 19 heavy (non-hydrogen) atoms. The van der Waals surface area contributed by atoms with Gasteiger partial charge in [0, 0.05) is 6.54 Å². The number of hydrogen-bond acceptors (Lipinski definition) is 3. The molecule has 6 heteroatoms. The lowest BCUT2D eigenvalue weighted by atomic mass is 10.1. The van der Waals surface area contributed by atoms with Crippen LogP contribution in [0.1, 0.15) is 30.4 Å². The van der Waals surface area contributed by atoms with Crippen LogP contribution in [0.4, 0.5) is 13.2 Å². The van der Waals surface area contributed by atoms with Gasteiger partial charge in [-0.1, -0.05) is 6.07 Å². The molecule has 0 amide bonds. The summed E-state index contributed by atoms with van der Waals surface area (Å²) in [5, 5.41) is 9.62. The van der Waals surface area contributed by atoms with Crippen LogP contribution in [0.2, 0.25) is 0 Å². The zero-order valence-electron chi connectivity index (χ0n) is 10.3. The van der Waals surface area contributed by atoms with Gasteiger partial charge in [0.25, 0.3) is 0 Å². The van der Waals surface area contributed by atoms with Crippen molar-refractivity contribution in [3.8, 4) is 5.75 Å².